The molecule has 2 nitrogen and oxygen atoms in total. The highest BCUT2D eigenvalue weighted by molar-refractivity contribution is 9.09. The SMILES string of the molecule is CCCCCCCCCC(=O)N1CCC(C)C1CBr. The molecule has 1 amide bonds. The van der Waals surface area contributed by atoms with Crippen LogP contribution in [-0.4, -0.2) is 28.7 Å². The highest BCUT2D eigenvalue weighted by atomic mass is 79.9. The average Bonchev–Trinajstić information content (AvgIpc) is 2.78. The van der Waals surface area contributed by atoms with Gasteiger partial charge in [0.2, 0.25) is 5.91 Å². The lowest BCUT2D eigenvalue weighted by molar-refractivity contribution is -0.132. The Labute approximate surface area is 127 Å². The number of rotatable bonds is 9. The standard InChI is InChI=1S/C16H30BrNO/c1-3-4-5-6-7-8-9-10-16(19)18-12-11-14(2)15(18)13-17/h14-15H,3-13H2,1-2H3. The summed E-state index contributed by atoms with van der Waals surface area (Å²) in [4.78, 5) is 14.3. The molecule has 0 radical (unpaired) electrons. The maximum absolute atomic E-state index is 12.2. The summed E-state index contributed by atoms with van der Waals surface area (Å²) >= 11 is 3.55. The Morgan fingerprint density at radius 3 is 2.42 bits per heavy atom. The molecule has 0 aromatic carbocycles. The molecule has 19 heavy (non-hydrogen) atoms. The summed E-state index contributed by atoms with van der Waals surface area (Å²) in [5, 5.41) is 0.928. The second-order valence-electron chi connectivity index (χ2n) is 5.95. The van der Waals surface area contributed by atoms with E-state index in [0.717, 1.165) is 24.7 Å². The van der Waals surface area contributed by atoms with Crippen molar-refractivity contribution >= 4 is 21.8 Å². The predicted molar refractivity (Wildman–Crippen MR) is 85.7 cm³/mol. The third kappa shape index (κ3) is 5.85. The Morgan fingerprint density at radius 1 is 1.16 bits per heavy atom. The van der Waals surface area contributed by atoms with Gasteiger partial charge in [0.1, 0.15) is 0 Å². The molecule has 2 unspecified atom stereocenters. The number of alkyl halides is 1. The van der Waals surface area contributed by atoms with Crippen molar-refractivity contribution in [1.29, 1.82) is 0 Å². The maximum atomic E-state index is 12.2. The molecule has 0 aliphatic carbocycles. The van der Waals surface area contributed by atoms with Gasteiger partial charge in [-0.1, -0.05) is 68.3 Å². The van der Waals surface area contributed by atoms with Crippen LogP contribution in [0.15, 0.2) is 0 Å². The number of likely N-dealkylation sites (tertiary alicyclic amines) is 1. The molecule has 112 valence electrons. The summed E-state index contributed by atoms with van der Waals surface area (Å²) < 4.78 is 0. The van der Waals surface area contributed by atoms with Crippen molar-refractivity contribution in [3.63, 3.8) is 0 Å². The number of halogens is 1. The minimum absolute atomic E-state index is 0.377. The molecule has 0 aromatic heterocycles. The van der Waals surface area contributed by atoms with E-state index in [4.69, 9.17) is 0 Å². The molecule has 0 spiro atoms. The van der Waals surface area contributed by atoms with Crippen LogP contribution in [0.3, 0.4) is 0 Å². The van der Waals surface area contributed by atoms with Gasteiger partial charge in [-0.2, -0.15) is 0 Å². The summed E-state index contributed by atoms with van der Waals surface area (Å²) in [6.07, 6.45) is 10.9. The van der Waals surface area contributed by atoms with Gasteiger partial charge in [0.25, 0.3) is 0 Å². The lowest BCUT2D eigenvalue weighted by Gasteiger charge is -2.25. The Hall–Kier alpha value is -0.0500. The molecule has 0 aromatic rings. The van der Waals surface area contributed by atoms with Gasteiger partial charge in [-0.05, 0) is 18.8 Å². The van der Waals surface area contributed by atoms with E-state index in [1.165, 1.54) is 44.9 Å². The molecule has 3 heteroatoms. The first kappa shape index (κ1) is 17.0. The number of carbonyl (C=O) groups is 1. The zero-order valence-electron chi connectivity index (χ0n) is 12.7. The summed E-state index contributed by atoms with van der Waals surface area (Å²) in [5.41, 5.74) is 0. The molecular formula is C16H30BrNO. The van der Waals surface area contributed by atoms with Crippen LogP contribution in [0.25, 0.3) is 0 Å². The number of hydrogen-bond acceptors (Lipinski definition) is 1. The normalized spacial score (nSPS) is 23.0. The molecule has 2 atom stereocenters. The van der Waals surface area contributed by atoms with Crippen LogP contribution < -0.4 is 0 Å². The molecule has 1 aliphatic heterocycles. The number of carbonyl (C=O) groups excluding carboxylic acids is 1. The minimum atomic E-state index is 0.377. The molecule has 1 saturated heterocycles. The zero-order chi connectivity index (χ0) is 14.1. The van der Waals surface area contributed by atoms with E-state index in [1.807, 2.05) is 0 Å². The van der Waals surface area contributed by atoms with Gasteiger partial charge in [0.15, 0.2) is 0 Å². The van der Waals surface area contributed by atoms with Crippen molar-refractivity contribution in [1.82, 2.24) is 4.90 Å². The van der Waals surface area contributed by atoms with E-state index in [-0.39, 0.29) is 0 Å². The lowest BCUT2D eigenvalue weighted by atomic mass is 10.0. The largest absolute Gasteiger partial charge is 0.339 e. The molecule has 0 saturated carbocycles. The highest BCUT2D eigenvalue weighted by Gasteiger charge is 2.32. The monoisotopic (exact) mass is 331 g/mol. The van der Waals surface area contributed by atoms with Crippen molar-refractivity contribution in [2.75, 3.05) is 11.9 Å². The van der Waals surface area contributed by atoms with Crippen LogP contribution in [0, 0.1) is 5.92 Å². The van der Waals surface area contributed by atoms with Crippen LogP contribution in [0.5, 0.6) is 0 Å². The van der Waals surface area contributed by atoms with Gasteiger partial charge >= 0.3 is 0 Å². The fourth-order valence-electron chi connectivity index (χ4n) is 2.93. The Morgan fingerprint density at radius 2 is 1.79 bits per heavy atom. The van der Waals surface area contributed by atoms with E-state index < -0.39 is 0 Å². The van der Waals surface area contributed by atoms with Crippen LogP contribution in [0.4, 0.5) is 0 Å². The highest BCUT2D eigenvalue weighted by Crippen LogP contribution is 2.26. The molecule has 1 aliphatic rings. The molecule has 1 heterocycles. The predicted octanol–water partition coefficient (Wildman–Crippen LogP) is 4.76. The summed E-state index contributed by atoms with van der Waals surface area (Å²) in [6.45, 7) is 5.47. The Balaban J connectivity index is 2.11. The van der Waals surface area contributed by atoms with E-state index in [9.17, 15) is 4.79 Å². The third-order valence-electron chi connectivity index (χ3n) is 4.36. The van der Waals surface area contributed by atoms with Crippen LogP contribution in [-0.2, 0) is 4.79 Å². The van der Waals surface area contributed by atoms with Crippen molar-refractivity contribution in [3.05, 3.63) is 0 Å². The van der Waals surface area contributed by atoms with E-state index >= 15 is 0 Å². The number of hydrogen-bond donors (Lipinski definition) is 0. The molecule has 0 bridgehead atoms. The molecule has 0 N–H and O–H groups in total. The van der Waals surface area contributed by atoms with Gasteiger partial charge in [-0.3, -0.25) is 4.79 Å². The van der Waals surface area contributed by atoms with Crippen molar-refractivity contribution < 1.29 is 4.79 Å². The summed E-state index contributed by atoms with van der Waals surface area (Å²) in [6, 6.07) is 0.428. The van der Waals surface area contributed by atoms with Gasteiger partial charge < -0.3 is 4.90 Å². The van der Waals surface area contributed by atoms with Crippen molar-refractivity contribution in [2.45, 2.75) is 77.7 Å². The Kier molecular flexibility index (Phi) is 8.76. The van der Waals surface area contributed by atoms with Gasteiger partial charge in [-0.15, -0.1) is 0 Å². The average molecular weight is 332 g/mol. The first-order chi connectivity index (χ1) is 9.20. The second kappa shape index (κ2) is 9.79. The molecular weight excluding hydrogens is 302 g/mol. The van der Waals surface area contributed by atoms with E-state index in [1.54, 1.807) is 0 Å². The lowest BCUT2D eigenvalue weighted by Crippen LogP contribution is -2.38. The first-order valence-electron chi connectivity index (χ1n) is 8.06. The third-order valence-corrected chi connectivity index (χ3v) is 5.02. The van der Waals surface area contributed by atoms with Crippen LogP contribution in [0.2, 0.25) is 0 Å². The topological polar surface area (TPSA) is 20.3 Å². The molecule has 1 fully saturated rings. The smallest absolute Gasteiger partial charge is 0.222 e. The van der Waals surface area contributed by atoms with Gasteiger partial charge in [0, 0.05) is 24.3 Å². The summed E-state index contributed by atoms with van der Waals surface area (Å²) in [7, 11) is 0. The first-order valence-corrected chi connectivity index (χ1v) is 9.18. The maximum Gasteiger partial charge on any atom is 0.222 e. The number of amides is 1. The Bertz CT molecular complexity index is 257. The van der Waals surface area contributed by atoms with Crippen LogP contribution >= 0.6 is 15.9 Å². The van der Waals surface area contributed by atoms with Crippen LogP contribution in [0.1, 0.15) is 71.6 Å². The van der Waals surface area contributed by atoms with E-state index in [2.05, 4.69) is 34.7 Å². The number of unbranched alkanes of at least 4 members (excludes halogenated alkanes) is 6. The van der Waals surface area contributed by atoms with Gasteiger partial charge in [-0.25, -0.2) is 0 Å². The number of nitrogens with zero attached hydrogens (tertiary/aromatic N) is 1. The molecule has 1 rings (SSSR count). The fourth-order valence-corrected chi connectivity index (χ4v) is 3.92. The van der Waals surface area contributed by atoms with E-state index in [0.29, 0.717) is 17.9 Å². The zero-order valence-corrected chi connectivity index (χ0v) is 14.3. The quantitative estimate of drug-likeness (QED) is 0.440. The minimum Gasteiger partial charge on any atom is -0.339 e. The second-order valence-corrected chi connectivity index (χ2v) is 6.59. The summed E-state index contributed by atoms with van der Waals surface area (Å²) in [5.74, 6) is 1.03. The fraction of sp³-hybridized carbons (Fsp3) is 0.938. The van der Waals surface area contributed by atoms with Crippen molar-refractivity contribution in [3.8, 4) is 0 Å². The van der Waals surface area contributed by atoms with Gasteiger partial charge in [0.05, 0.1) is 0 Å². The van der Waals surface area contributed by atoms with Crippen molar-refractivity contribution in [2.24, 2.45) is 5.92 Å².